The fourth-order valence-electron chi connectivity index (χ4n) is 10.9. The van der Waals surface area contributed by atoms with Crippen molar-refractivity contribution in [1.82, 2.24) is 0 Å². The molecule has 0 saturated carbocycles. The molecule has 0 spiro atoms. The third-order valence-electron chi connectivity index (χ3n) is 14.2. The molecular weight excluding hydrogens is 983 g/mol. The lowest BCUT2D eigenvalue weighted by molar-refractivity contribution is -0.438. The Kier molecular flexibility index (Phi) is 13.4. The van der Waals surface area contributed by atoms with Crippen LogP contribution < -0.4 is 9.62 Å². The Labute approximate surface area is 408 Å². The summed E-state index contributed by atoms with van der Waals surface area (Å²) >= 11 is 0. The first kappa shape index (κ1) is 51.1. The summed E-state index contributed by atoms with van der Waals surface area (Å²) in [5.41, 5.74) is 9.91. The van der Waals surface area contributed by atoms with E-state index in [1.54, 1.807) is 30.3 Å². The van der Waals surface area contributed by atoms with Crippen molar-refractivity contribution in [1.29, 1.82) is 0 Å². The average Bonchev–Trinajstić information content (AvgIpc) is 3.78. The second kappa shape index (κ2) is 18.4. The molecule has 2 heterocycles. The van der Waals surface area contributed by atoms with E-state index in [0.29, 0.717) is 50.0 Å². The highest BCUT2D eigenvalue weighted by atomic mass is 32.2. The molecule has 0 aromatic heterocycles. The zero-order chi connectivity index (χ0) is 50.9. The second-order valence-corrected chi connectivity index (χ2v) is 25.2. The van der Waals surface area contributed by atoms with Crippen molar-refractivity contribution in [2.24, 2.45) is 5.92 Å². The van der Waals surface area contributed by atoms with Crippen molar-refractivity contribution in [3.8, 4) is 0 Å². The monoisotopic (exact) mass is 1040 g/mol. The van der Waals surface area contributed by atoms with Gasteiger partial charge in [-0.25, -0.2) is 4.79 Å². The molecule has 5 aliphatic rings. The molecule has 1 unspecified atom stereocenters. The zero-order valence-electron chi connectivity index (χ0n) is 39.0. The van der Waals surface area contributed by atoms with E-state index in [1.165, 1.54) is 18.2 Å². The van der Waals surface area contributed by atoms with Gasteiger partial charge in [0.2, 0.25) is 5.69 Å². The van der Waals surface area contributed by atoms with Crippen LogP contribution in [0.2, 0.25) is 0 Å². The van der Waals surface area contributed by atoms with Crippen molar-refractivity contribution in [2.75, 3.05) is 34.2 Å². The summed E-state index contributed by atoms with van der Waals surface area (Å²) in [6.07, 6.45) is 12.2. The lowest BCUT2D eigenvalue weighted by atomic mass is 9.72. The van der Waals surface area contributed by atoms with Gasteiger partial charge in [0.05, 0.1) is 33.1 Å². The maximum Gasteiger partial charge on any atom is 0.357 e. The summed E-state index contributed by atoms with van der Waals surface area (Å²) in [5, 5.41) is 10.2. The molecule has 8 rings (SSSR count). The third kappa shape index (κ3) is 10.3. The van der Waals surface area contributed by atoms with Crippen LogP contribution in [0.4, 0.5) is 17.1 Å². The van der Waals surface area contributed by atoms with Gasteiger partial charge < -0.3 is 10.0 Å². The van der Waals surface area contributed by atoms with Crippen molar-refractivity contribution in [2.45, 2.75) is 94.8 Å². The largest absolute Gasteiger partial charge is 0.478 e. The number of hydrogen-bond acceptors (Lipinski definition) is 10. The fourth-order valence-corrected chi connectivity index (χ4v) is 13.0. The standard InChI is InChI=1S/C49H55N3O14S4/c1-48(2)38-28-34(50-70(64,65)66)16-19-40(38)51(23-5-7-25-67(55,56)57)42(48)21-14-30-9-11-32-12-10-31(45-37-27-33(47(53)54)13-18-36(37)44(30)46(32)45)15-22-43-49(3,4)39-29-35(69(61,62)63)17-20-41(39)52(43)24-6-8-26-68(58,59)60/h13-22,27-29,32,50H,5-12,23-26H2,1-4H3,(H4-,53,54,55,56,57,58,59,60,61,62,63,64,65,66)/p+1. The predicted molar refractivity (Wildman–Crippen MR) is 267 cm³/mol. The molecule has 70 heavy (non-hydrogen) atoms. The molecule has 1 atom stereocenters. The zero-order valence-corrected chi connectivity index (χ0v) is 42.3. The quantitative estimate of drug-likeness (QED) is 0.0423. The topological polar surface area (TPSA) is 273 Å². The number of nitrogens with one attached hydrogen (secondary N) is 1. The number of carbonyl (C=O) groups is 1. The van der Waals surface area contributed by atoms with E-state index in [-0.39, 0.29) is 34.9 Å². The number of allylic oxidation sites excluding steroid dienone is 10. The highest BCUT2D eigenvalue weighted by molar-refractivity contribution is 7.87. The molecule has 0 fully saturated rings. The molecule has 21 heteroatoms. The summed E-state index contributed by atoms with van der Waals surface area (Å²) in [5.74, 6) is -1.76. The number of anilines is 2. The summed E-state index contributed by atoms with van der Waals surface area (Å²) in [4.78, 5) is 14.3. The molecular formula is C49H56N3O14S4+. The first-order chi connectivity index (χ1) is 32.5. The maximum atomic E-state index is 12.5. The van der Waals surface area contributed by atoms with Gasteiger partial charge in [0, 0.05) is 47.5 Å². The molecule has 374 valence electrons. The van der Waals surface area contributed by atoms with Gasteiger partial charge in [-0.15, -0.1) is 0 Å². The molecule has 3 aromatic carbocycles. The van der Waals surface area contributed by atoms with Crippen LogP contribution >= 0.6 is 0 Å². The Bertz CT molecular complexity index is 3400. The molecule has 0 radical (unpaired) electrons. The Hall–Kier alpha value is -5.26. The Morgan fingerprint density at radius 3 is 2.09 bits per heavy atom. The Morgan fingerprint density at radius 1 is 0.743 bits per heavy atom. The minimum absolute atomic E-state index is 0.120. The number of benzene rings is 3. The van der Waals surface area contributed by atoms with Crippen molar-refractivity contribution < 1.29 is 66.4 Å². The molecule has 0 bridgehead atoms. The number of carboxylic acid groups (broad SMARTS) is 1. The van der Waals surface area contributed by atoms with Crippen LogP contribution in [0.3, 0.4) is 0 Å². The maximum absolute atomic E-state index is 12.5. The Balaban J connectivity index is 1.24. The van der Waals surface area contributed by atoms with E-state index in [9.17, 15) is 61.8 Å². The smallest absolute Gasteiger partial charge is 0.357 e. The van der Waals surface area contributed by atoms with Gasteiger partial charge in [-0.1, -0.05) is 32.1 Å². The third-order valence-corrected chi connectivity index (χ3v) is 17.1. The Morgan fingerprint density at radius 2 is 1.43 bits per heavy atom. The fraction of sp³-hybridized carbons (Fsp3) is 0.388. The number of nitrogens with zero attached hydrogens (tertiary/aromatic N) is 2. The van der Waals surface area contributed by atoms with Gasteiger partial charge >= 0.3 is 16.3 Å². The van der Waals surface area contributed by atoms with Crippen LogP contribution in [0, 0.1) is 5.92 Å². The van der Waals surface area contributed by atoms with Crippen LogP contribution in [0.15, 0.2) is 106 Å². The number of unbranched alkanes of at least 4 members (excludes halogenated alkanes) is 2. The van der Waals surface area contributed by atoms with Gasteiger partial charge in [-0.3, -0.25) is 22.9 Å². The number of hydrogen-bond donors (Lipinski definition) is 6. The number of carboxylic acids is 1. The van der Waals surface area contributed by atoms with Gasteiger partial charge in [0.15, 0.2) is 5.71 Å². The van der Waals surface area contributed by atoms with E-state index >= 15 is 0 Å². The van der Waals surface area contributed by atoms with Crippen LogP contribution in [0.5, 0.6) is 0 Å². The van der Waals surface area contributed by atoms with Crippen molar-refractivity contribution in [3.05, 3.63) is 129 Å². The van der Waals surface area contributed by atoms with Gasteiger partial charge in [-0.2, -0.15) is 38.2 Å². The van der Waals surface area contributed by atoms with E-state index in [2.05, 4.69) is 15.7 Å². The summed E-state index contributed by atoms with van der Waals surface area (Å²) in [6.45, 7) is 8.55. The van der Waals surface area contributed by atoms with Crippen LogP contribution in [-0.2, 0) is 51.5 Å². The van der Waals surface area contributed by atoms with E-state index < -0.39 is 69.0 Å². The van der Waals surface area contributed by atoms with Crippen molar-refractivity contribution in [3.63, 3.8) is 0 Å². The van der Waals surface area contributed by atoms with Crippen LogP contribution in [0.1, 0.15) is 112 Å². The first-order valence-corrected chi connectivity index (χ1v) is 29.0. The van der Waals surface area contributed by atoms with Gasteiger partial charge in [0.25, 0.3) is 30.4 Å². The molecule has 0 saturated heterocycles. The highest BCUT2D eigenvalue weighted by Crippen LogP contribution is 2.58. The molecule has 17 nitrogen and oxygen atoms in total. The second-order valence-electron chi connectivity index (χ2n) is 19.5. The van der Waals surface area contributed by atoms with E-state index in [4.69, 9.17) is 0 Å². The van der Waals surface area contributed by atoms with E-state index in [1.807, 2.05) is 56.6 Å². The predicted octanol–water partition coefficient (Wildman–Crippen LogP) is 8.15. The van der Waals surface area contributed by atoms with E-state index in [0.717, 1.165) is 74.5 Å². The summed E-state index contributed by atoms with van der Waals surface area (Å²) in [6, 6.07) is 14.5. The number of rotatable bonds is 17. The minimum Gasteiger partial charge on any atom is -0.478 e. The molecule has 6 N–H and O–H groups in total. The summed E-state index contributed by atoms with van der Waals surface area (Å²) < 4.78 is 137. The highest BCUT2D eigenvalue weighted by Gasteiger charge is 2.46. The molecule has 0 amide bonds. The number of fused-ring (bicyclic) bond motifs is 5. The minimum atomic E-state index is -4.57. The van der Waals surface area contributed by atoms with Crippen LogP contribution in [0.25, 0.3) is 11.1 Å². The lowest BCUT2D eigenvalue weighted by Crippen LogP contribution is -2.28. The first-order valence-electron chi connectivity index (χ1n) is 22.9. The lowest BCUT2D eigenvalue weighted by Gasteiger charge is -2.32. The normalized spacial score (nSPS) is 20.7. The average molecular weight is 1040 g/mol. The molecule has 3 aliphatic carbocycles. The van der Waals surface area contributed by atoms with Gasteiger partial charge in [0.1, 0.15) is 6.54 Å². The van der Waals surface area contributed by atoms with Gasteiger partial charge in [-0.05, 0) is 158 Å². The molecule has 3 aromatic rings. The van der Waals surface area contributed by atoms with Crippen LogP contribution in [-0.4, -0.2) is 97.8 Å². The molecule has 2 aliphatic heterocycles. The summed E-state index contributed by atoms with van der Waals surface area (Å²) in [7, 11) is -17.5. The SMILES string of the molecule is CC1(C)C(/C=C/C2=C3C4=C(/C(=C/C=C5/N(CCCCS(=O)(=O)O)c6ccc(NS(=O)(=O)O)cc6C5(C)C)CCC4CC2)c2ccc(C(=O)O)cc23)=[N+](CCCCS(=O)(=O)O)c2ccc(S(=O)(=O)O)cc21. The van der Waals surface area contributed by atoms with Crippen molar-refractivity contribution >= 4 is 80.5 Å². The number of aromatic carboxylic acids is 1.